The van der Waals surface area contributed by atoms with Gasteiger partial charge in [0.2, 0.25) is 0 Å². The van der Waals surface area contributed by atoms with Crippen LogP contribution in [0.3, 0.4) is 0 Å². The Balaban J connectivity index is 1.88. The van der Waals surface area contributed by atoms with Gasteiger partial charge in [-0.1, -0.05) is 23.2 Å². The van der Waals surface area contributed by atoms with Crippen LogP contribution in [0.25, 0.3) is 0 Å². The zero-order chi connectivity index (χ0) is 19.6. The molecule has 3 rings (SSSR count). The van der Waals surface area contributed by atoms with E-state index in [2.05, 4.69) is 16.8 Å². The van der Waals surface area contributed by atoms with Crippen molar-refractivity contribution in [3.63, 3.8) is 0 Å². The minimum absolute atomic E-state index is 0.150. The molecular formula is C20H23Cl2N3O2. The maximum Gasteiger partial charge on any atom is 0.258 e. The number of hydrogen-bond donors (Lipinski definition) is 0. The fraction of sp³-hybridized carbons (Fsp3) is 0.350. The van der Waals surface area contributed by atoms with Crippen molar-refractivity contribution in [2.75, 3.05) is 57.2 Å². The van der Waals surface area contributed by atoms with Gasteiger partial charge in [0.05, 0.1) is 22.8 Å². The van der Waals surface area contributed by atoms with E-state index in [1.807, 2.05) is 18.2 Å². The molecule has 1 aliphatic rings. The first-order chi connectivity index (χ1) is 12.9. The van der Waals surface area contributed by atoms with Crippen molar-refractivity contribution in [3.8, 4) is 5.75 Å². The van der Waals surface area contributed by atoms with Crippen LogP contribution >= 0.6 is 23.2 Å². The lowest BCUT2D eigenvalue weighted by atomic mass is 10.1. The quantitative estimate of drug-likeness (QED) is 0.766. The van der Waals surface area contributed by atoms with Gasteiger partial charge in [-0.2, -0.15) is 0 Å². The minimum Gasteiger partial charge on any atom is -0.495 e. The van der Waals surface area contributed by atoms with E-state index in [1.165, 1.54) is 0 Å². The predicted molar refractivity (Wildman–Crippen MR) is 112 cm³/mol. The number of nitrogens with zero attached hydrogens (tertiary/aromatic N) is 3. The molecular weight excluding hydrogens is 385 g/mol. The lowest BCUT2D eigenvalue weighted by Gasteiger charge is -2.35. The number of anilines is 2. The first-order valence-corrected chi connectivity index (χ1v) is 9.51. The molecule has 0 bridgehead atoms. The molecule has 0 N–H and O–H groups in total. The lowest BCUT2D eigenvalue weighted by Crippen LogP contribution is -2.44. The van der Waals surface area contributed by atoms with Crippen molar-refractivity contribution in [2.45, 2.75) is 0 Å². The summed E-state index contributed by atoms with van der Waals surface area (Å²) in [7, 11) is 5.54. The van der Waals surface area contributed by atoms with Crippen molar-refractivity contribution in [3.05, 3.63) is 52.0 Å². The maximum absolute atomic E-state index is 12.9. The topological polar surface area (TPSA) is 36.0 Å². The molecule has 0 atom stereocenters. The molecule has 5 nitrogen and oxygen atoms in total. The number of halogens is 2. The van der Waals surface area contributed by atoms with Crippen LogP contribution in [0.4, 0.5) is 11.4 Å². The number of piperazine rings is 1. The van der Waals surface area contributed by atoms with Crippen molar-refractivity contribution < 1.29 is 9.53 Å². The summed E-state index contributed by atoms with van der Waals surface area (Å²) < 4.78 is 5.54. The normalized spacial score (nSPS) is 14.9. The van der Waals surface area contributed by atoms with E-state index in [-0.39, 0.29) is 5.91 Å². The molecule has 0 radical (unpaired) electrons. The molecule has 1 heterocycles. The van der Waals surface area contributed by atoms with Crippen LogP contribution in [-0.2, 0) is 0 Å². The highest BCUT2D eigenvalue weighted by atomic mass is 35.5. The van der Waals surface area contributed by atoms with E-state index in [4.69, 9.17) is 27.9 Å². The number of methoxy groups -OCH3 is 1. The molecule has 1 aliphatic heterocycles. The van der Waals surface area contributed by atoms with Crippen molar-refractivity contribution in [2.24, 2.45) is 0 Å². The smallest absolute Gasteiger partial charge is 0.258 e. The van der Waals surface area contributed by atoms with E-state index in [1.54, 1.807) is 37.3 Å². The standard InChI is InChI=1S/C20H23Cl2N3O2/c1-23-8-10-25(11-9-23)18-13-15(5-7-19(18)27-3)24(2)20(26)14-4-6-16(21)17(22)12-14/h4-7,12-13H,8-11H2,1-3H3. The van der Waals surface area contributed by atoms with Gasteiger partial charge in [0.25, 0.3) is 5.91 Å². The Bertz CT molecular complexity index is 836. The van der Waals surface area contributed by atoms with Gasteiger partial charge in [-0.25, -0.2) is 0 Å². The van der Waals surface area contributed by atoms with E-state index in [9.17, 15) is 4.79 Å². The van der Waals surface area contributed by atoms with Crippen LogP contribution < -0.4 is 14.5 Å². The van der Waals surface area contributed by atoms with Crippen molar-refractivity contribution in [1.29, 1.82) is 0 Å². The Morgan fingerprint density at radius 3 is 2.37 bits per heavy atom. The Hall–Kier alpha value is -1.95. The highest BCUT2D eigenvalue weighted by molar-refractivity contribution is 6.42. The first-order valence-electron chi connectivity index (χ1n) is 8.75. The number of carbonyl (C=O) groups is 1. The molecule has 2 aromatic carbocycles. The molecule has 27 heavy (non-hydrogen) atoms. The van der Waals surface area contributed by atoms with Crippen LogP contribution in [0.2, 0.25) is 10.0 Å². The van der Waals surface area contributed by atoms with Gasteiger partial charge in [-0.05, 0) is 43.4 Å². The van der Waals surface area contributed by atoms with Gasteiger partial charge < -0.3 is 19.4 Å². The molecule has 1 fully saturated rings. The number of likely N-dealkylation sites (N-methyl/N-ethyl adjacent to an activating group) is 1. The van der Waals surface area contributed by atoms with Gasteiger partial charge in [0.1, 0.15) is 5.75 Å². The van der Waals surface area contributed by atoms with Crippen LogP contribution in [-0.4, -0.2) is 58.2 Å². The summed E-state index contributed by atoms with van der Waals surface area (Å²) in [5.41, 5.74) is 2.28. The maximum atomic E-state index is 12.9. The zero-order valence-corrected chi connectivity index (χ0v) is 17.2. The van der Waals surface area contributed by atoms with Gasteiger partial charge in [-0.15, -0.1) is 0 Å². The predicted octanol–water partition coefficient (Wildman–Crippen LogP) is 4.03. The minimum atomic E-state index is -0.150. The van der Waals surface area contributed by atoms with Gasteiger partial charge in [0, 0.05) is 44.5 Å². The number of benzene rings is 2. The van der Waals surface area contributed by atoms with Gasteiger partial charge in [-0.3, -0.25) is 4.79 Å². The third-order valence-electron chi connectivity index (χ3n) is 4.86. The summed E-state index contributed by atoms with van der Waals surface area (Å²) in [6.45, 7) is 3.82. The molecule has 1 saturated heterocycles. The summed E-state index contributed by atoms with van der Waals surface area (Å²) in [6, 6.07) is 10.7. The van der Waals surface area contributed by atoms with Gasteiger partial charge in [0.15, 0.2) is 0 Å². The molecule has 7 heteroatoms. The number of amides is 1. The molecule has 0 aliphatic carbocycles. The largest absolute Gasteiger partial charge is 0.495 e. The molecule has 144 valence electrons. The summed E-state index contributed by atoms with van der Waals surface area (Å²) in [5, 5.41) is 0.793. The van der Waals surface area contributed by atoms with Crippen LogP contribution in [0, 0.1) is 0 Å². The highest BCUT2D eigenvalue weighted by Crippen LogP contribution is 2.34. The van der Waals surface area contributed by atoms with Crippen molar-refractivity contribution in [1.82, 2.24) is 4.90 Å². The summed E-state index contributed by atoms with van der Waals surface area (Å²) in [5.74, 6) is 0.654. The van der Waals surface area contributed by atoms with Crippen molar-refractivity contribution >= 4 is 40.5 Å². The Morgan fingerprint density at radius 2 is 1.74 bits per heavy atom. The third kappa shape index (κ3) is 4.32. The third-order valence-corrected chi connectivity index (χ3v) is 5.60. The molecule has 0 saturated carbocycles. The second kappa shape index (κ2) is 8.38. The molecule has 0 spiro atoms. The fourth-order valence-electron chi connectivity index (χ4n) is 3.12. The average Bonchev–Trinajstić information content (AvgIpc) is 2.69. The first kappa shape index (κ1) is 19.8. The molecule has 1 amide bonds. The second-order valence-corrected chi connectivity index (χ2v) is 7.45. The zero-order valence-electron chi connectivity index (χ0n) is 15.7. The van der Waals surface area contributed by atoms with E-state index in [0.717, 1.165) is 43.3 Å². The monoisotopic (exact) mass is 407 g/mol. The van der Waals surface area contributed by atoms with Gasteiger partial charge >= 0.3 is 0 Å². The van der Waals surface area contributed by atoms with Crippen LogP contribution in [0.5, 0.6) is 5.75 Å². The summed E-state index contributed by atoms with van der Waals surface area (Å²) in [4.78, 5) is 19.1. The molecule has 2 aromatic rings. The lowest BCUT2D eigenvalue weighted by molar-refractivity contribution is 0.0993. The van der Waals surface area contributed by atoms with E-state index < -0.39 is 0 Å². The summed E-state index contributed by atoms with van der Waals surface area (Å²) in [6.07, 6.45) is 0. The summed E-state index contributed by atoms with van der Waals surface area (Å²) >= 11 is 12.0. The number of rotatable bonds is 4. The molecule has 0 aromatic heterocycles. The Morgan fingerprint density at radius 1 is 1.04 bits per heavy atom. The fourth-order valence-corrected chi connectivity index (χ4v) is 3.42. The number of ether oxygens (including phenoxy) is 1. The number of hydrogen-bond acceptors (Lipinski definition) is 4. The average molecular weight is 408 g/mol. The Labute approximate surface area is 170 Å². The van der Waals surface area contributed by atoms with E-state index >= 15 is 0 Å². The molecule has 0 unspecified atom stereocenters. The highest BCUT2D eigenvalue weighted by Gasteiger charge is 2.21. The van der Waals surface area contributed by atoms with E-state index in [0.29, 0.717) is 15.6 Å². The Kier molecular flexibility index (Phi) is 6.15. The van der Waals surface area contributed by atoms with Crippen LogP contribution in [0.1, 0.15) is 10.4 Å². The second-order valence-electron chi connectivity index (χ2n) is 6.64. The number of carbonyl (C=O) groups excluding carboxylic acids is 1. The SMILES string of the molecule is COc1ccc(N(C)C(=O)c2ccc(Cl)c(Cl)c2)cc1N1CCN(C)CC1. The van der Waals surface area contributed by atoms with Crippen LogP contribution in [0.15, 0.2) is 36.4 Å².